The van der Waals surface area contributed by atoms with Gasteiger partial charge in [0.2, 0.25) is 0 Å². The van der Waals surface area contributed by atoms with Crippen LogP contribution in [0, 0.1) is 0 Å². The van der Waals surface area contributed by atoms with Crippen LogP contribution in [0.4, 0.5) is 10.5 Å². The van der Waals surface area contributed by atoms with Gasteiger partial charge in [0, 0.05) is 11.6 Å². The molecular weight excluding hydrogens is 284 g/mol. The molecule has 17 heavy (non-hydrogen) atoms. The van der Waals surface area contributed by atoms with Crippen LogP contribution >= 0.6 is 34.8 Å². The molecule has 1 amide bonds. The lowest BCUT2D eigenvalue weighted by Gasteiger charge is -2.18. The van der Waals surface area contributed by atoms with Crippen molar-refractivity contribution in [3.63, 3.8) is 0 Å². The van der Waals surface area contributed by atoms with Gasteiger partial charge in [0.25, 0.3) is 0 Å². The van der Waals surface area contributed by atoms with Crippen molar-refractivity contribution in [1.29, 1.82) is 0 Å². The number of carbonyl (C=O) groups is 1. The second-order valence-electron chi connectivity index (χ2n) is 3.26. The van der Waals surface area contributed by atoms with E-state index in [1.54, 1.807) is 24.3 Å². The van der Waals surface area contributed by atoms with Gasteiger partial charge in [-0.3, -0.25) is 5.32 Å². The third kappa shape index (κ3) is 5.02. The first-order valence-corrected chi connectivity index (χ1v) is 6.46. The topological polar surface area (TPSA) is 38.3 Å². The minimum absolute atomic E-state index is 0.100. The summed E-state index contributed by atoms with van der Waals surface area (Å²) in [4.78, 5) is 11.5. The summed E-state index contributed by atoms with van der Waals surface area (Å²) in [5.74, 6) is 0.265. The largest absolute Gasteiger partial charge is 0.443 e. The molecule has 0 saturated heterocycles. The predicted molar refractivity (Wildman–Crippen MR) is 71.4 cm³/mol. The molecule has 1 aromatic carbocycles. The molecule has 0 fully saturated rings. The highest BCUT2D eigenvalue weighted by Gasteiger charge is 2.21. The standard InChI is InChI=1S/C11H12Cl3NO2/c12-6-9(14)10(7-13)17-11(16)15-8-4-2-1-3-5-8/h1-5,9-10H,6-7H2,(H,15,16)/t9-,10+/m0/s1. The number of halogens is 3. The summed E-state index contributed by atoms with van der Waals surface area (Å²) in [6.45, 7) is 0. The predicted octanol–water partition coefficient (Wildman–Crippen LogP) is 3.69. The third-order valence-electron chi connectivity index (χ3n) is 1.98. The van der Waals surface area contributed by atoms with Crippen molar-refractivity contribution in [2.45, 2.75) is 11.5 Å². The Labute approximate surface area is 115 Å². The van der Waals surface area contributed by atoms with Gasteiger partial charge in [-0.1, -0.05) is 18.2 Å². The molecule has 3 nitrogen and oxygen atoms in total. The number of anilines is 1. The maximum absolute atomic E-state index is 11.5. The fourth-order valence-corrected chi connectivity index (χ4v) is 1.82. The second-order valence-corrected chi connectivity index (χ2v) is 4.44. The van der Waals surface area contributed by atoms with E-state index in [1.807, 2.05) is 6.07 Å². The lowest BCUT2D eigenvalue weighted by Crippen LogP contribution is -2.32. The smallest absolute Gasteiger partial charge is 0.411 e. The van der Waals surface area contributed by atoms with Gasteiger partial charge in [-0.15, -0.1) is 34.8 Å². The van der Waals surface area contributed by atoms with E-state index in [0.29, 0.717) is 5.69 Å². The first-order chi connectivity index (χ1) is 8.17. The summed E-state index contributed by atoms with van der Waals surface area (Å²) in [5, 5.41) is 2.06. The number of amides is 1. The van der Waals surface area contributed by atoms with E-state index in [1.165, 1.54) is 0 Å². The van der Waals surface area contributed by atoms with Gasteiger partial charge in [-0.05, 0) is 12.1 Å². The molecule has 0 aromatic heterocycles. The van der Waals surface area contributed by atoms with E-state index in [0.717, 1.165) is 0 Å². The van der Waals surface area contributed by atoms with Crippen molar-refractivity contribution in [2.75, 3.05) is 17.1 Å². The maximum Gasteiger partial charge on any atom is 0.411 e. The Morgan fingerprint density at radius 3 is 2.41 bits per heavy atom. The van der Waals surface area contributed by atoms with Crippen LogP contribution in [-0.2, 0) is 4.74 Å². The third-order valence-corrected chi connectivity index (χ3v) is 3.21. The van der Waals surface area contributed by atoms with Crippen molar-refractivity contribution in [1.82, 2.24) is 0 Å². The second kappa shape index (κ2) is 7.64. The molecule has 0 aliphatic heterocycles. The van der Waals surface area contributed by atoms with Crippen molar-refractivity contribution in [3.05, 3.63) is 30.3 Å². The van der Waals surface area contributed by atoms with Gasteiger partial charge in [0.1, 0.15) is 6.10 Å². The number of alkyl halides is 3. The van der Waals surface area contributed by atoms with E-state index in [2.05, 4.69) is 5.32 Å². The van der Waals surface area contributed by atoms with Gasteiger partial charge in [0.15, 0.2) is 0 Å². The lowest BCUT2D eigenvalue weighted by molar-refractivity contribution is 0.122. The van der Waals surface area contributed by atoms with Crippen LogP contribution in [0.15, 0.2) is 30.3 Å². The van der Waals surface area contributed by atoms with Crippen LogP contribution in [0.2, 0.25) is 0 Å². The molecular formula is C11H12Cl3NO2. The quantitative estimate of drug-likeness (QED) is 0.842. The Balaban J connectivity index is 2.48. The molecule has 0 radical (unpaired) electrons. The van der Waals surface area contributed by atoms with Crippen molar-refractivity contribution >= 4 is 46.6 Å². The van der Waals surface area contributed by atoms with Crippen LogP contribution < -0.4 is 5.32 Å². The fraction of sp³-hybridized carbons (Fsp3) is 0.364. The highest BCUT2D eigenvalue weighted by Crippen LogP contribution is 2.13. The average molecular weight is 297 g/mol. The molecule has 1 N–H and O–H groups in total. The van der Waals surface area contributed by atoms with Crippen molar-refractivity contribution < 1.29 is 9.53 Å². The van der Waals surface area contributed by atoms with Gasteiger partial charge in [0.05, 0.1) is 11.3 Å². The van der Waals surface area contributed by atoms with Gasteiger partial charge >= 0.3 is 6.09 Å². The number of para-hydroxylation sites is 1. The summed E-state index contributed by atoms with van der Waals surface area (Å²) in [5.41, 5.74) is 0.641. The zero-order valence-electron chi connectivity index (χ0n) is 8.91. The lowest BCUT2D eigenvalue weighted by atomic mass is 10.3. The molecule has 0 aliphatic rings. The molecule has 6 heteroatoms. The minimum atomic E-state index is -0.612. The van der Waals surface area contributed by atoms with E-state index < -0.39 is 17.6 Å². The Bertz CT molecular complexity index is 348. The van der Waals surface area contributed by atoms with Gasteiger partial charge in [-0.25, -0.2) is 4.79 Å². The van der Waals surface area contributed by atoms with Crippen LogP contribution in [0.25, 0.3) is 0 Å². The number of nitrogens with one attached hydrogen (secondary N) is 1. The molecule has 0 bridgehead atoms. The fourth-order valence-electron chi connectivity index (χ4n) is 1.11. The van der Waals surface area contributed by atoms with Crippen LogP contribution in [0.3, 0.4) is 0 Å². The summed E-state index contributed by atoms with van der Waals surface area (Å²) in [6.07, 6.45) is -1.21. The molecule has 0 unspecified atom stereocenters. The summed E-state index contributed by atoms with van der Waals surface area (Å²) < 4.78 is 5.06. The first-order valence-electron chi connectivity index (χ1n) is 4.96. The molecule has 2 atom stereocenters. The summed E-state index contributed by atoms with van der Waals surface area (Å²) in [7, 11) is 0. The minimum Gasteiger partial charge on any atom is -0.443 e. The zero-order valence-corrected chi connectivity index (χ0v) is 11.2. The Morgan fingerprint density at radius 2 is 1.88 bits per heavy atom. The molecule has 94 valence electrons. The zero-order chi connectivity index (χ0) is 12.7. The Hall–Kier alpha value is -0.640. The van der Waals surface area contributed by atoms with Gasteiger partial charge < -0.3 is 4.74 Å². The van der Waals surface area contributed by atoms with E-state index in [-0.39, 0.29) is 11.8 Å². The monoisotopic (exact) mass is 295 g/mol. The maximum atomic E-state index is 11.5. The molecule has 0 heterocycles. The first kappa shape index (κ1) is 14.4. The number of hydrogen-bond donors (Lipinski definition) is 1. The highest BCUT2D eigenvalue weighted by molar-refractivity contribution is 6.29. The summed E-state index contributed by atoms with van der Waals surface area (Å²) in [6, 6.07) is 8.95. The average Bonchev–Trinajstić information content (AvgIpc) is 2.36. The number of hydrogen-bond acceptors (Lipinski definition) is 2. The summed E-state index contributed by atoms with van der Waals surface area (Å²) >= 11 is 17.1. The number of ether oxygens (including phenoxy) is 1. The molecule has 0 saturated carbocycles. The van der Waals surface area contributed by atoms with Crippen molar-refractivity contribution in [3.8, 4) is 0 Å². The molecule has 0 aliphatic carbocycles. The van der Waals surface area contributed by atoms with Crippen LogP contribution in [0.1, 0.15) is 0 Å². The van der Waals surface area contributed by atoms with Crippen LogP contribution in [0.5, 0.6) is 0 Å². The van der Waals surface area contributed by atoms with E-state index in [4.69, 9.17) is 39.5 Å². The highest BCUT2D eigenvalue weighted by atomic mass is 35.5. The number of rotatable bonds is 5. The van der Waals surface area contributed by atoms with Crippen molar-refractivity contribution in [2.24, 2.45) is 0 Å². The Morgan fingerprint density at radius 1 is 1.24 bits per heavy atom. The number of carbonyl (C=O) groups excluding carboxylic acids is 1. The molecule has 1 rings (SSSR count). The van der Waals surface area contributed by atoms with Crippen LogP contribution in [-0.4, -0.2) is 29.3 Å². The van der Waals surface area contributed by atoms with E-state index >= 15 is 0 Å². The molecule has 1 aromatic rings. The SMILES string of the molecule is O=C(Nc1ccccc1)O[C@H](CCl)[C@@H](Cl)CCl. The molecule has 0 spiro atoms. The normalized spacial score (nSPS) is 13.8. The van der Waals surface area contributed by atoms with E-state index in [9.17, 15) is 4.79 Å². The van der Waals surface area contributed by atoms with Gasteiger partial charge in [-0.2, -0.15) is 0 Å². The Kier molecular flexibility index (Phi) is 6.48. The number of benzene rings is 1.